The quantitative estimate of drug-likeness (QED) is 0.162. The van der Waals surface area contributed by atoms with Crippen molar-refractivity contribution in [2.24, 2.45) is 0 Å². The minimum atomic E-state index is 0.432. The zero-order valence-corrected chi connectivity index (χ0v) is 36.7. The van der Waals surface area contributed by atoms with Gasteiger partial charge in [0.25, 0.3) is 0 Å². The van der Waals surface area contributed by atoms with Gasteiger partial charge in [0, 0.05) is 63.6 Å². The largest absolute Gasteiger partial charge is 0.316 e. The van der Waals surface area contributed by atoms with Crippen molar-refractivity contribution >= 4 is 123 Å². The van der Waals surface area contributed by atoms with Gasteiger partial charge < -0.3 is 9.13 Å². The van der Waals surface area contributed by atoms with E-state index in [2.05, 4.69) is 178 Å². The third-order valence-electron chi connectivity index (χ3n) is 13.6. The number of thiophene rings is 2. The lowest BCUT2D eigenvalue weighted by Gasteiger charge is -2.26. The Morgan fingerprint density at radius 1 is 0.424 bits per heavy atom. The molecular formula is C60H32N4S2. The fraction of sp³-hybridized carbons (Fsp3) is 0. The topological polar surface area (TPSA) is 38.0 Å². The van der Waals surface area contributed by atoms with Crippen LogP contribution >= 0.6 is 22.7 Å². The zero-order chi connectivity index (χ0) is 43.6. The van der Waals surface area contributed by atoms with Gasteiger partial charge in [0.05, 0.1) is 55.0 Å². The van der Waals surface area contributed by atoms with Crippen LogP contribution in [0.1, 0.15) is 5.56 Å². The third-order valence-corrected chi connectivity index (χ3v) is 15.9. The number of hydrogen-bond donors (Lipinski definition) is 0. The fourth-order valence-corrected chi connectivity index (χ4v) is 13.4. The Morgan fingerprint density at radius 2 is 0.939 bits per heavy atom. The van der Waals surface area contributed by atoms with Crippen LogP contribution in [0, 0.1) is 17.9 Å². The Hall–Kier alpha value is -8.52. The molecule has 0 aliphatic carbocycles. The van der Waals surface area contributed by atoms with Crippen LogP contribution in [0.25, 0.3) is 133 Å². The molecule has 0 saturated heterocycles. The van der Waals surface area contributed by atoms with Crippen molar-refractivity contribution in [1.29, 1.82) is 5.26 Å². The summed E-state index contributed by atoms with van der Waals surface area (Å²) in [6.45, 7) is 9.42. The summed E-state index contributed by atoms with van der Waals surface area (Å²) in [6, 6.07) is 71.3. The van der Waals surface area contributed by atoms with Gasteiger partial charge in [0.1, 0.15) is 6.07 Å². The number of aromatic nitrogens is 2. The summed E-state index contributed by atoms with van der Waals surface area (Å²) in [5.74, 6) is 0. The first-order chi connectivity index (χ1) is 32.7. The number of para-hydroxylation sites is 1. The predicted octanol–water partition coefficient (Wildman–Crippen LogP) is 17.5. The molecule has 0 N–H and O–H groups in total. The van der Waals surface area contributed by atoms with Crippen LogP contribution in [0.5, 0.6) is 0 Å². The van der Waals surface area contributed by atoms with Crippen LogP contribution in [0.2, 0.25) is 0 Å². The number of rotatable bonds is 4. The highest BCUT2D eigenvalue weighted by Gasteiger charge is 2.33. The van der Waals surface area contributed by atoms with Crippen LogP contribution in [0.4, 0.5) is 5.69 Å². The lowest BCUT2D eigenvalue weighted by molar-refractivity contribution is 1.14. The molecule has 0 bridgehead atoms. The van der Waals surface area contributed by atoms with Gasteiger partial charge in [0.2, 0.25) is 5.69 Å². The van der Waals surface area contributed by atoms with Gasteiger partial charge >= 0.3 is 0 Å². The molecule has 14 rings (SSSR count). The molecule has 0 saturated carbocycles. The molecule has 66 heavy (non-hydrogen) atoms. The molecule has 4 aromatic heterocycles. The van der Waals surface area contributed by atoms with Crippen LogP contribution in [-0.4, -0.2) is 9.13 Å². The minimum absolute atomic E-state index is 0.432. The Kier molecular flexibility index (Phi) is 7.82. The number of nitriles is 1. The SMILES string of the molecule is [C-]#[N+]c1c(-c2ccccc2)c(C#N)c(-n2c3ccccc3c3c4ccccc4ccc32)c(-c2ccccc2)c1-n1c2c(ccc3c4ccccc4sc32)c2ccc3c4ccccc4sc3c21. The van der Waals surface area contributed by atoms with Gasteiger partial charge in [-0.3, -0.25) is 0 Å². The van der Waals surface area contributed by atoms with Crippen molar-refractivity contribution in [3.8, 4) is 39.7 Å². The lowest BCUT2D eigenvalue weighted by Crippen LogP contribution is -2.08. The van der Waals surface area contributed by atoms with E-state index < -0.39 is 0 Å². The van der Waals surface area contributed by atoms with E-state index in [0.717, 1.165) is 91.8 Å². The number of benzene rings is 10. The summed E-state index contributed by atoms with van der Waals surface area (Å²) in [7, 11) is 0. The van der Waals surface area contributed by atoms with E-state index >= 15 is 0 Å². The summed E-state index contributed by atoms with van der Waals surface area (Å²) in [5.41, 5.74) is 9.63. The smallest absolute Gasteiger partial charge is 0.220 e. The molecular weight excluding hydrogens is 841 g/mol. The summed E-state index contributed by atoms with van der Waals surface area (Å²) in [4.78, 5) is 4.62. The zero-order valence-electron chi connectivity index (χ0n) is 35.1. The summed E-state index contributed by atoms with van der Waals surface area (Å²) < 4.78 is 9.49. The van der Waals surface area contributed by atoms with E-state index in [4.69, 9.17) is 0 Å². The highest BCUT2D eigenvalue weighted by molar-refractivity contribution is 7.27. The van der Waals surface area contributed by atoms with E-state index in [0.29, 0.717) is 16.8 Å². The number of nitrogens with zero attached hydrogens (tertiary/aromatic N) is 4. The third kappa shape index (κ3) is 4.95. The van der Waals surface area contributed by atoms with E-state index in [-0.39, 0.29) is 0 Å². The molecule has 6 heteroatoms. The fourth-order valence-electron chi connectivity index (χ4n) is 10.9. The van der Waals surface area contributed by atoms with Crippen molar-refractivity contribution in [2.45, 2.75) is 0 Å². The standard InChI is InChI=1S/C60H32N4S2/c1-62-54-51(36-17-4-2-5-18-36)46(34-61)55(63-47-25-13-10-24-45(47)53-38-21-9-8-16-35(38)28-33-48(53)63)52(37-19-6-3-7-20-37)58(54)64-56-41(29-31-43-39-22-11-14-26-49(39)65-59(43)56)42-30-32-44-40-23-12-15-27-50(40)66-60(44)57(42)64/h2-33H. The molecule has 0 spiro atoms. The monoisotopic (exact) mass is 872 g/mol. The molecule has 0 radical (unpaired) electrons. The van der Waals surface area contributed by atoms with Gasteiger partial charge in [-0.1, -0.05) is 170 Å². The van der Waals surface area contributed by atoms with Crippen LogP contribution in [0.15, 0.2) is 194 Å². The van der Waals surface area contributed by atoms with Crippen LogP contribution in [-0.2, 0) is 0 Å². The first-order valence-corrected chi connectivity index (χ1v) is 23.6. The average Bonchev–Trinajstić information content (AvgIpc) is 4.14. The molecule has 0 fully saturated rings. The molecule has 14 aromatic rings. The summed E-state index contributed by atoms with van der Waals surface area (Å²) >= 11 is 3.61. The Balaban J connectivity index is 1.31. The second-order valence-electron chi connectivity index (χ2n) is 16.9. The molecule has 0 atom stereocenters. The van der Waals surface area contributed by atoms with Gasteiger partial charge in [-0.2, -0.15) is 5.26 Å². The van der Waals surface area contributed by atoms with Crippen molar-refractivity contribution in [2.75, 3.05) is 0 Å². The molecule has 4 nitrogen and oxygen atoms in total. The normalized spacial score (nSPS) is 11.9. The Bertz CT molecular complexity index is 4350. The predicted molar refractivity (Wildman–Crippen MR) is 280 cm³/mol. The van der Waals surface area contributed by atoms with E-state index in [1.807, 2.05) is 36.4 Å². The van der Waals surface area contributed by atoms with Gasteiger partial charge in [-0.05, 0) is 46.2 Å². The highest BCUT2D eigenvalue weighted by atomic mass is 32.1. The van der Waals surface area contributed by atoms with Crippen LogP contribution < -0.4 is 0 Å². The number of fused-ring (bicyclic) bond motifs is 16. The molecule has 10 aromatic carbocycles. The maximum absolute atomic E-state index is 11.9. The van der Waals surface area contributed by atoms with Crippen molar-refractivity contribution < 1.29 is 0 Å². The summed E-state index contributed by atoms with van der Waals surface area (Å²) in [5, 5.41) is 23.4. The molecule has 0 aliphatic rings. The molecule has 4 heterocycles. The maximum Gasteiger partial charge on any atom is 0.220 e. The van der Waals surface area contributed by atoms with E-state index in [1.165, 1.54) is 30.9 Å². The maximum atomic E-state index is 11.9. The second-order valence-corrected chi connectivity index (χ2v) is 19.0. The summed E-state index contributed by atoms with van der Waals surface area (Å²) in [6.07, 6.45) is 0. The van der Waals surface area contributed by atoms with Gasteiger partial charge in [0.15, 0.2) is 0 Å². The lowest BCUT2D eigenvalue weighted by atomic mass is 9.88. The molecule has 304 valence electrons. The molecule has 0 aliphatic heterocycles. The Labute approximate surface area is 386 Å². The van der Waals surface area contributed by atoms with Crippen LogP contribution in [0.3, 0.4) is 0 Å². The van der Waals surface area contributed by atoms with E-state index in [1.54, 1.807) is 22.7 Å². The van der Waals surface area contributed by atoms with Crippen molar-refractivity contribution in [3.05, 3.63) is 211 Å². The average molecular weight is 873 g/mol. The first kappa shape index (κ1) is 36.9. The Morgan fingerprint density at radius 3 is 1.55 bits per heavy atom. The second kappa shape index (κ2) is 14.0. The van der Waals surface area contributed by atoms with Gasteiger partial charge in [-0.15, -0.1) is 22.7 Å². The molecule has 0 amide bonds. The van der Waals surface area contributed by atoms with Crippen molar-refractivity contribution in [1.82, 2.24) is 9.13 Å². The van der Waals surface area contributed by atoms with Crippen molar-refractivity contribution in [3.63, 3.8) is 0 Å². The highest BCUT2D eigenvalue weighted by Crippen LogP contribution is 2.55. The van der Waals surface area contributed by atoms with Gasteiger partial charge in [-0.25, -0.2) is 4.85 Å². The minimum Gasteiger partial charge on any atom is -0.316 e. The van der Waals surface area contributed by atoms with E-state index in [9.17, 15) is 11.8 Å². The number of hydrogen-bond acceptors (Lipinski definition) is 3. The molecule has 0 unspecified atom stereocenters. The first-order valence-electron chi connectivity index (χ1n) is 21.9.